The van der Waals surface area contributed by atoms with Crippen molar-refractivity contribution in [1.29, 1.82) is 0 Å². The van der Waals surface area contributed by atoms with E-state index >= 15 is 0 Å². The Morgan fingerprint density at radius 2 is 1.76 bits per heavy atom. The molecule has 0 atom stereocenters. The number of carboxylic acid groups (broad SMARTS) is 1. The SMILES string of the molecule is CCC(CC)(NC(=O)C(C)(C)c1cccc(C)c1)C(=O)O. The van der Waals surface area contributed by atoms with Gasteiger partial charge in [-0.15, -0.1) is 0 Å². The Labute approximate surface area is 126 Å². The van der Waals surface area contributed by atoms with E-state index in [0.29, 0.717) is 12.8 Å². The average molecular weight is 291 g/mol. The second kappa shape index (κ2) is 6.29. The van der Waals surface area contributed by atoms with Crippen molar-refractivity contribution in [3.63, 3.8) is 0 Å². The fourth-order valence-electron chi connectivity index (χ4n) is 2.32. The topological polar surface area (TPSA) is 66.4 Å². The summed E-state index contributed by atoms with van der Waals surface area (Å²) in [6.45, 7) is 9.15. The minimum Gasteiger partial charge on any atom is -0.480 e. The van der Waals surface area contributed by atoms with Gasteiger partial charge in [0, 0.05) is 0 Å². The molecule has 0 bridgehead atoms. The number of carbonyl (C=O) groups excluding carboxylic acids is 1. The molecule has 0 aliphatic heterocycles. The molecule has 1 aromatic rings. The van der Waals surface area contributed by atoms with Crippen molar-refractivity contribution in [1.82, 2.24) is 5.32 Å². The maximum atomic E-state index is 12.6. The summed E-state index contributed by atoms with van der Waals surface area (Å²) >= 11 is 0. The van der Waals surface area contributed by atoms with Crippen LogP contribution in [0.2, 0.25) is 0 Å². The monoisotopic (exact) mass is 291 g/mol. The Bertz CT molecular complexity index is 531. The van der Waals surface area contributed by atoms with Gasteiger partial charge in [0.05, 0.1) is 5.41 Å². The van der Waals surface area contributed by atoms with Gasteiger partial charge in [0.25, 0.3) is 0 Å². The quantitative estimate of drug-likeness (QED) is 0.846. The zero-order valence-electron chi connectivity index (χ0n) is 13.5. The normalized spacial score (nSPS) is 12.0. The molecule has 0 aliphatic carbocycles. The van der Waals surface area contributed by atoms with Crippen LogP contribution in [0.5, 0.6) is 0 Å². The van der Waals surface area contributed by atoms with Crippen LogP contribution < -0.4 is 5.32 Å². The lowest BCUT2D eigenvalue weighted by molar-refractivity contribution is -0.148. The third kappa shape index (κ3) is 3.43. The molecule has 0 aromatic heterocycles. The van der Waals surface area contributed by atoms with Crippen LogP contribution in [-0.2, 0) is 15.0 Å². The van der Waals surface area contributed by atoms with Gasteiger partial charge in [-0.25, -0.2) is 4.79 Å². The molecule has 4 nitrogen and oxygen atoms in total. The van der Waals surface area contributed by atoms with E-state index in [1.807, 2.05) is 45.0 Å². The van der Waals surface area contributed by atoms with Crippen LogP contribution in [0.15, 0.2) is 24.3 Å². The molecule has 0 saturated heterocycles. The number of hydrogen-bond acceptors (Lipinski definition) is 2. The van der Waals surface area contributed by atoms with Crippen molar-refractivity contribution < 1.29 is 14.7 Å². The summed E-state index contributed by atoms with van der Waals surface area (Å²) in [5, 5.41) is 12.2. The highest BCUT2D eigenvalue weighted by molar-refractivity contribution is 5.92. The van der Waals surface area contributed by atoms with Crippen LogP contribution >= 0.6 is 0 Å². The maximum absolute atomic E-state index is 12.6. The predicted molar refractivity (Wildman–Crippen MR) is 83.3 cm³/mol. The van der Waals surface area contributed by atoms with E-state index in [4.69, 9.17) is 0 Å². The Kier molecular flexibility index (Phi) is 5.15. The van der Waals surface area contributed by atoms with Gasteiger partial charge in [-0.2, -0.15) is 0 Å². The van der Waals surface area contributed by atoms with E-state index in [2.05, 4.69) is 5.32 Å². The van der Waals surface area contributed by atoms with Crippen LogP contribution in [0.4, 0.5) is 0 Å². The Morgan fingerprint density at radius 1 is 1.19 bits per heavy atom. The molecule has 1 amide bonds. The molecule has 0 aliphatic rings. The number of aryl methyl sites for hydroxylation is 1. The number of benzene rings is 1. The predicted octanol–water partition coefficient (Wildman–Crippen LogP) is 3.03. The van der Waals surface area contributed by atoms with E-state index in [1.54, 1.807) is 13.8 Å². The second-order valence-corrected chi connectivity index (χ2v) is 6.04. The molecule has 0 heterocycles. The molecule has 2 N–H and O–H groups in total. The molecule has 0 unspecified atom stereocenters. The lowest BCUT2D eigenvalue weighted by Crippen LogP contribution is -2.57. The van der Waals surface area contributed by atoms with Gasteiger partial charge < -0.3 is 10.4 Å². The number of aliphatic carboxylic acids is 1. The largest absolute Gasteiger partial charge is 0.480 e. The van der Waals surface area contributed by atoms with E-state index in [1.165, 1.54) is 0 Å². The summed E-state index contributed by atoms with van der Waals surface area (Å²) in [5.41, 5.74) is -0.0229. The molecule has 0 fully saturated rings. The summed E-state index contributed by atoms with van der Waals surface area (Å²) in [6.07, 6.45) is 0.711. The standard InChI is InChI=1S/C17H25NO3/c1-6-17(7-2,15(20)21)18-14(19)16(4,5)13-10-8-9-12(3)11-13/h8-11H,6-7H2,1-5H3,(H,18,19)(H,20,21). The van der Waals surface area contributed by atoms with Crippen molar-refractivity contribution in [2.45, 2.75) is 58.4 Å². The molecule has 21 heavy (non-hydrogen) atoms. The highest BCUT2D eigenvalue weighted by Crippen LogP contribution is 2.26. The van der Waals surface area contributed by atoms with Crippen LogP contribution in [0.3, 0.4) is 0 Å². The number of carboxylic acids is 1. The summed E-state index contributed by atoms with van der Waals surface area (Å²) in [6, 6.07) is 7.73. The second-order valence-electron chi connectivity index (χ2n) is 6.04. The zero-order valence-corrected chi connectivity index (χ0v) is 13.5. The van der Waals surface area contributed by atoms with Gasteiger partial charge in [-0.1, -0.05) is 43.7 Å². The maximum Gasteiger partial charge on any atom is 0.329 e. The summed E-state index contributed by atoms with van der Waals surface area (Å²) < 4.78 is 0. The van der Waals surface area contributed by atoms with Crippen molar-refractivity contribution in [2.24, 2.45) is 0 Å². The van der Waals surface area contributed by atoms with E-state index in [0.717, 1.165) is 11.1 Å². The van der Waals surface area contributed by atoms with Gasteiger partial charge in [0.2, 0.25) is 5.91 Å². The molecule has 1 aromatic carbocycles. The number of hydrogen-bond donors (Lipinski definition) is 2. The van der Waals surface area contributed by atoms with Crippen molar-refractivity contribution in [3.05, 3.63) is 35.4 Å². The third-order valence-corrected chi connectivity index (χ3v) is 4.28. The van der Waals surface area contributed by atoms with E-state index in [-0.39, 0.29) is 5.91 Å². The van der Waals surface area contributed by atoms with E-state index in [9.17, 15) is 14.7 Å². The fourth-order valence-corrected chi connectivity index (χ4v) is 2.32. The molecular weight excluding hydrogens is 266 g/mol. The Hall–Kier alpha value is -1.84. The summed E-state index contributed by atoms with van der Waals surface area (Å²) in [5.74, 6) is -1.25. The van der Waals surface area contributed by atoms with Crippen LogP contribution in [-0.4, -0.2) is 22.5 Å². The van der Waals surface area contributed by atoms with Gasteiger partial charge >= 0.3 is 5.97 Å². The number of rotatable bonds is 6. The smallest absolute Gasteiger partial charge is 0.329 e. The Morgan fingerprint density at radius 3 is 2.19 bits per heavy atom. The van der Waals surface area contributed by atoms with Crippen LogP contribution in [0, 0.1) is 6.92 Å². The molecule has 0 radical (unpaired) electrons. The first-order chi connectivity index (χ1) is 9.69. The zero-order chi connectivity index (χ0) is 16.3. The first-order valence-electron chi connectivity index (χ1n) is 7.32. The van der Waals surface area contributed by atoms with Gasteiger partial charge in [0.1, 0.15) is 5.54 Å². The molecule has 116 valence electrons. The molecule has 0 spiro atoms. The summed E-state index contributed by atoms with van der Waals surface area (Å²) in [4.78, 5) is 24.2. The molecule has 0 saturated carbocycles. The fraction of sp³-hybridized carbons (Fsp3) is 0.529. The minimum absolute atomic E-state index is 0.265. The molecule has 4 heteroatoms. The van der Waals surface area contributed by atoms with Gasteiger partial charge in [-0.05, 0) is 39.2 Å². The first-order valence-corrected chi connectivity index (χ1v) is 7.32. The minimum atomic E-state index is -1.20. The lowest BCUT2D eigenvalue weighted by atomic mass is 9.81. The third-order valence-electron chi connectivity index (χ3n) is 4.28. The average Bonchev–Trinajstić information content (AvgIpc) is 2.44. The number of carbonyl (C=O) groups is 2. The molecule has 1 rings (SSSR count). The highest BCUT2D eigenvalue weighted by Gasteiger charge is 2.40. The van der Waals surface area contributed by atoms with Crippen LogP contribution in [0.25, 0.3) is 0 Å². The Balaban J connectivity index is 3.09. The van der Waals surface area contributed by atoms with Crippen molar-refractivity contribution in [3.8, 4) is 0 Å². The van der Waals surface area contributed by atoms with Gasteiger partial charge in [-0.3, -0.25) is 4.79 Å². The first kappa shape index (κ1) is 17.2. The van der Waals surface area contributed by atoms with Gasteiger partial charge in [0.15, 0.2) is 0 Å². The van der Waals surface area contributed by atoms with E-state index < -0.39 is 16.9 Å². The highest BCUT2D eigenvalue weighted by atomic mass is 16.4. The van der Waals surface area contributed by atoms with Crippen molar-refractivity contribution in [2.75, 3.05) is 0 Å². The number of amides is 1. The molecular formula is C17H25NO3. The lowest BCUT2D eigenvalue weighted by Gasteiger charge is -2.33. The van der Waals surface area contributed by atoms with Crippen LogP contribution in [0.1, 0.15) is 51.7 Å². The van der Waals surface area contributed by atoms with Crippen molar-refractivity contribution >= 4 is 11.9 Å². The number of nitrogens with one attached hydrogen (secondary N) is 1. The summed E-state index contributed by atoms with van der Waals surface area (Å²) in [7, 11) is 0.